The standard InChI is InChI=1S/C12H16S3/c1-2-3-9-15(12(13)14)10-11-7-5-4-6-8-11/h4-8H,2-3,9-10H2,1H3/p+1. The Balaban J connectivity index is 2.55. The molecule has 0 aliphatic rings. The lowest BCUT2D eigenvalue weighted by atomic mass is 10.2. The first-order chi connectivity index (χ1) is 7.24. The van der Waals surface area contributed by atoms with Crippen molar-refractivity contribution in [2.24, 2.45) is 0 Å². The normalized spacial score (nSPS) is 12.4. The lowest BCUT2D eigenvalue weighted by Gasteiger charge is -2.05. The van der Waals surface area contributed by atoms with Crippen molar-refractivity contribution in [3.63, 3.8) is 0 Å². The first kappa shape index (κ1) is 13.1. The van der Waals surface area contributed by atoms with Crippen molar-refractivity contribution in [1.82, 2.24) is 0 Å². The van der Waals surface area contributed by atoms with Crippen molar-refractivity contribution >= 4 is 39.3 Å². The number of hydrogen-bond acceptors (Lipinski definition) is 1. The Morgan fingerprint density at radius 2 is 2.00 bits per heavy atom. The average molecular weight is 257 g/mol. The lowest BCUT2D eigenvalue weighted by Crippen LogP contribution is -2.15. The fourth-order valence-electron chi connectivity index (χ4n) is 1.32. The molecular weight excluding hydrogens is 240 g/mol. The second-order valence-electron chi connectivity index (χ2n) is 3.45. The topological polar surface area (TPSA) is 0 Å². The van der Waals surface area contributed by atoms with Gasteiger partial charge in [0.05, 0.1) is 0 Å². The highest BCUT2D eigenvalue weighted by molar-refractivity contribution is 8.39. The van der Waals surface area contributed by atoms with Gasteiger partial charge in [0.15, 0.2) is 0 Å². The summed E-state index contributed by atoms with van der Waals surface area (Å²) in [5, 5.41) is 0. The third kappa shape index (κ3) is 5.05. The van der Waals surface area contributed by atoms with E-state index in [2.05, 4.69) is 43.8 Å². The summed E-state index contributed by atoms with van der Waals surface area (Å²) in [5.74, 6) is 2.25. The smallest absolute Gasteiger partial charge is 0.0799 e. The lowest BCUT2D eigenvalue weighted by molar-refractivity contribution is 0.894. The zero-order chi connectivity index (χ0) is 11.1. The highest BCUT2D eigenvalue weighted by Crippen LogP contribution is 2.14. The fourth-order valence-corrected chi connectivity index (χ4v) is 3.88. The Kier molecular flexibility index (Phi) is 6.37. The van der Waals surface area contributed by atoms with E-state index in [1.807, 2.05) is 6.07 Å². The molecule has 0 aliphatic carbocycles. The van der Waals surface area contributed by atoms with Gasteiger partial charge < -0.3 is 0 Å². The number of hydrogen-bond donors (Lipinski definition) is 1. The van der Waals surface area contributed by atoms with E-state index < -0.39 is 0 Å². The number of thiol groups is 1. The van der Waals surface area contributed by atoms with Crippen LogP contribution in [0.3, 0.4) is 0 Å². The van der Waals surface area contributed by atoms with Gasteiger partial charge >= 0.3 is 0 Å². The van der Waals surface area contributed by atoms with Gasteiger partial charge in [-0.2, -0.15) is 0 Å². The molecule has 0 aliphatic heterocycles. The maximum absolute atomic E-state index is 5.21. The monoisotopic (exact) mass is 257 g/mol. The van der Waals surface area contributed by atoms with Gasteiger partial charge in [0.25, 0.3) is 0 Å². The predicted octanol–water partition coefficient (Wildman–Crippen LogP) is 3.82. The molecule has 1 atom stereocenters. The zero-order valence-electron chi connectivity index (χ0n) is 8.98. The summed E-state index contributed by atoms with van der Waals surface area (Å²) < 4.78 is 0.882. The molecule has 0 saturated carbocycles. The quantitative estimate of drug-likeness (QED) is 0.475. The van der Waals surface area contributed by atoms with E-state index in [-0.39, 0.29) is 10.9 Å². The van der Waals surface area contributed by atoms with Crippen molar-refractivity contribution in [3.05, 3.63) is 35.9 Å². The minimum absolute atomic E-state index is 0.169. The van der Waals surface area contributed by atoms with Crippen LogP contribution in [0.25, 0.3) is 0 Å². The van der Waals surface area contributed by atoms with E-state index in [1.54, 1.807) is 0 Å². The molecule has 82 valence electrons. The second-order valence-corrected chi connectivity index (χ2v) is 7.26. The van der Waals surface area contributed by atoms with Crippen LogP contribution in [0.4, 0.5) is 0 Å². The molecule has 0 nitrogen and oxygen atoms in total. The van der Waals surface area contributed by atoms with E-state index in [0.717, 1.165) is 9.28 Å². The van der Waals surface area contributed by atoms with E-state index in [0.29, 0.717) is 0 Å². The molecule has 0 amide bonds. The van der Waals surface area contributed by atoms with Crippen LogP contribution >= 0.6 is 24.8 Å². The summed E-state index contributed by atoms with van der Waals surface area (Å²) >= 11 is 9.55. The van der Waals surface area contributed by atoms with Crippen molar-refractivity contribution < 1.29 is 0 Å². The van der Waals surface area contributed by atoms with Crippen molar-refractivity contribution in [2.45, 2.75) is 25.5 Å². The van der Waals surface area contributed by atoms with Crippen molar-refractivity contribution in [1.29, 1.82) is 0 Å². The molecule has 0 spiro atoms. The molecule has 0 radical (unpaired) electrons. The van der Waals surface area contributed by atoms with Gasteiger partial charge in [-0.05, 0) is 18.6 Å². The van der Waals surface area contributed by atoms with Gasteiger partial charge in [0, 0.05) is 16.5 Å². The Bertz CT molecular complexity index is 295. The predicted molar refractivity (Wildman–Crippen MR) is 78.9 cm³/mol. The van der Waals surface area contributed by atoms with Gasteiger partial charge in [-0.15, -0.1) is 0 Å². The molecule has 15 heavy (non-hydrogen) atoms. The molecule has 3 heteroatoms. The Labute approximate surface area is 106 Å². The number of unbranched alkanes of at least 4 members (excludes halogenated alkanes) is 1. The van der Waals surface area contributed by atoms with Crippen LogP contribution in [0, 0.1) is 0 Å². The summed E-state index contributed by atoms with van der Waals surface area (Å²) in [6.07, 6.45) is 2.48. The summed E-state index contributed by atoms with van der Waals surface area (Å²) in [6, 6.07) is 10.5. The minimum Gasteiger partial charge on any atom is -0.0799 e. The van der Waals surface area contributed by atoms with Crippen LogP contribution in [0.2, 0.25) is 0 Å². The van der Waals surface area contributed by atoms with Crippen LogP contribution in [-0.4, -0.2) is 9.28 Å². The summed E-state index contributed by atoms with van der Waals surface area (Å²) in [7, 11) is 0.169. The summed E-state index contributed by atoms with van der Waals surface area (Å²) in [4.78, 5) is 0. The van der Waals surface area contributed by atoms with Crippen molar-refractivity contribution in [2.75, 3.05) is 5.75 Å². The Hall–Kier alpha value is 0.01000. The fraction of sp³-hybridized carbons (Fsp3) is 0.417. The third-order valence-electron chi connectivity index (χ3n) is 2.17. The molecular formula is C12H17S3+. The summed E-state index contributed by atoms with van der Waals surface area (Å²) in [6.45, 7) is 2.21. The first-order valence-electron chi connectivity index (χ1n) is 5.18. The molecule has 0 saturated heterocycles. The van der Waals surface area contributed by atoms with E-state index >= 15 is 0 Å². The van der Waals surface area contributed by atoms with Crippen LogP contribution in [0.5, 0.6) is 0 Å². The third-order valence-corrected chi connectivity index (χ3v) is 5.61. The highest BCUT2D eigenvalue weighted by atomic mass is 32.3. The Morgan fingerprint density at radius 1 is 1.33 bits per heavy atom. The minimum atomic E-state index is 0.169. The number of benzene rings is 1. The van der Waals surface area contributed by atoms with Gasteiger partial charge in [-0.3, -0.25) is 0 Å². The highest BCUT2D eigenvalue weighted by Gasteiger charge is 2.21. The van der Waals surface area contributed by atoms with Gasteiger partial charge in [0.1, 0.15) is 11.5 Å². The van der Waals surface area contributed by atoms with E-state index in [1.165, 1.54) is 24.2 Å². The molecule has 1 unspecified atom stereocenters. The van der Waals surface area contributed by atoms with Crippen LogP contribution < -0.4 is 0 Å². The van der Waals surface area contributed by atoms with Crippen LogP contribution in [0.1, 0.15) is 25.3 Å². The van der Waals surface area contributed by atoms with Crippen molar-refractivity contribution in [3.8, 4) is 0 Å². The molecule has 0 heterocycles. The van der Waals surface area contributed by atoms with Crippen LogP contribution in [-0.2, 0) is 16.6 Å². The maximum Gasteiger partial charge on any atom is 0.250 e. The molecule has 1 aromatic carbocycles. The first-order valence-corrected chi connectivity index (χ1v) is 7.60. The average Bonchev–Trinajstić information content (AvgIpc) is 2.25. The zero-order valence-corrected chi connectivity index (χ0v) is 11.5. The van der Waals surface area contributed by atoms with E-state index in [9.17, 15) is 0 Å². The number of thiocarbonyl (C=S) groups is 1. The van der Waals surface area contributed by atoms with Gasteiger partial charge in [-0.25, -0.2) is 0 Å². The molecule has 0 fully saturated rings. The molecule has 1 rings (SSSR count). The maximum atomic E-state index is 5.21. The van der Waals surface area contributed by atoms with Crippen LogP contribution in [0.15, 0.2) is 30.3 Å². The number of rotatable bonds is 5. The summed E-state index contributed by atoms with van der Waals surface area (Å²) in [5.41, 5.74) is 1.37. The van der Waals surface area contributed by atoms with Gasteiger partial charge in [-0.1, -0.05) is 56.3 Å². The molecule has 1 aromatic rings. The van der Waals surface area contributed by atoms with Gasteiger partial charge in [0.2, 0.25) is 3.53 Å². The molecule has 0 N–H and O–H groups in total. The SMILES string of the molecule is CCCC[S+](Cc1ccccc1)C(=S)S. The second kappa shape index (κ2) is 7.31. The molecule has 0 bridgehead atoms. The van der Waals surface area contributed by atoms with E-state index in [4.69, 9.17) is 12.2 Å². The Morgan fingerprint density at radius 3 is 2.53 bits per heavy atom. The molecule has 0 aromatic heterocycles. The largest absolute Gasteiger partial charge is 0.250 e.